The van der Waals surface area contributed by atoms with Gasteiger partial charge in [-0.25, -0.2) is 4.39 Å². The Labute approximate surface area is 171 Å². The fourth-order valence-electron chi connectivity index (χ4n) is 3.02. The summed E-state index contributed by atoms with van der Waals surface area (Å²) < 4.78 is 29.3. The van der Waals surface area contributed by atoms with Crippen molar-refractivity contribution >= 4 is 23.2 Å². The fourth-order valence-corrected chi connectivity index (χ4v) is 3.02. The number of halogens is 1. The second-order valence-electron chi connectivity index (χ2n) is 6.37. The van der Waals surface area contributed by atoms with E-state index in [0.717, 1.165) is 6.07 Å². The third kappa shape index (κ3) is 3.88. The molecule has 0 unspecified atom stereocenters. The summed E-state index contributed by atoms with van der Waals surface area (Å²) in [6.07, 6.45) is 0. The van der Waals surface area contributed by atoms with Crippen LogP contribution in [0.4, 0.5) is 15.8 Å². The molecule has 0 aromatic heterocycles. The number of hydrogen-bond acceptors (Lipinski definition) is 5. The minimum absolute atomic E-state index is 0.0540. The maximum absolute atomic E-state index is 13.4. The highest BCUT2D eigenvalue weighted by Crippen LogP contribution is 2.36. The standard InChI is InChI=1S/C22H17FN2O5/c1-28-18-9-8-15(11-17(18)25-21(26)13-4-2-5-14(23)10-13)24-22(27)16-6-3-7-19-20(16)30-12-29-19/h2-11H,12H2,1H3,(H,24,27)(H,25,26). The molecule has 0 atom stereocenters. The van der Waals surface area contributed by atoms with Crippen LogP contribution in [0, 0.1) is 5.82 Å². The van der Waals surface area contributed by atoms with E-state index in [2.05, 4.69) is 10.6 Å². The first-order valence-corrected chi connectivity index (χ1v) is 9.00. The van der Waals surface area contributed by atoms with Gasteiger partial charge in [-0.3, -0.25) is 9.59 Å². The molecule has 8 heteroatoms. The number of nitrogens with one attached hydrogen (secondary N) is 2. The summed E-state index contributed by atoms with van der Waals surface area (Å²) in [6.45, 7) is 0.0540. The van der Waals surface area contributed by atoms with E-state index in [4.69, 9.17) is 14.2 Å². The summed E-state index contributed by atoms with van der Waals surface area (Å²) >= 11 is 0. The Hall–Kier alpha value is -4.07. The predicted octanol–water partition coefficient (Wildman–Crippen LogP) is 4.07. The number of ether oxygens (including phenoxy) is 3. The van der Waals surface area contributed by atoms with Gasteiger partial charge in [0, 0.05) is 11.3 Å². The average Bonchev–Trinajstić information content (AvgIpc) is 3.23. The van der Waals surface area contributed by atoms with Gasteiger partial charge in [-0.1, -0.05) is 12.1 Å². The maximum atomic E-state index is 13.4. The van der Waals surface area contributed by atoms with Gasteiger partial charge in [-0.15, -0.1) is 0 Å². The molecule has 2 N–H and O–H groups in total. The summed E-state index contributed by atoms with van der Waals surface area (Å²) in [4.78, 5) is 25.2. The third-order valence-electron chi connectivity index (χ3n) is 4.43. The van der Waals surface area contributed by atoms with E-state index in [9.17, 15) is 14.0 Å². The van der Waals surface area contributed by atoms with Crippen LogP contribution in [-0.2, 0) is 0 Å². The minimum atomic E-state index is -0.516. The predicted molar refractivity (Wildman–Crippen MR) is 108 cm³/mol. The number of para-hydroxylation sites is 1. The SMILES string of the molecule is COc1ccc(NC(=O)c2cccc3c2OCO3)cc1NC(=O)c1cccc(F)c1. The molecule has 152 valence electrons. The number of rotatable bonds is 5. The van der Waals surface area contributed by atoms with Crippen LogP contribution in [0.5, 0.6) is 17.2 Å². The van der Waals surface area contributed by atoms with Gasteiger partial charge in [-0.05, 0) is 48.5 Å². The number of carbonyl (C=O) groups excluding carboxylic acids is 2. The van der Waals surface area contributed by atoms with E-state index >= 15 is 0 Å². The third-order valence-corrected chi connectivity index (χ3v) is 4.43. The lowest BCUT2D eigenvalue weighted by Gasteiger charge is -2.13. The van der Waals surface area contributed by atoms with E-state index in [0.29, 0.717) is 34.2 Å². The first-order chi connectivity index (χ1) is 14.5. The Bertz CT molecular complexity index is 1130. The van der Waals surface area contributed by atoms with E-state index in [-0.39, 0.29) is 12.4 Å². The summed E-state index contributed by atoms with van der Waals surface area (Å²) in [5.41, 5.74) is 1.23. The molecule has 0 saturated heterocycles. The van der Waals surface area contributed by atoms with Crippen LogP contribution < -0.4 is 24.8 Å². The van der Waals surface area contributed by atoms with Gasteiger partial charge in [0.25, 0.3) is 11.8 Å². The van der Waals surface area contributed by atoms with Crippen LogP contribution in [0.25, 0.3) is 0 Å². The fraction of sp³-hybridized carbons (Fsp3) is 0.0909. The highest BCUT2D eigenvalue weighted by atomic mass is 19.1. The number of methoxy groups -OCH3 is 1. The smallest absolute Gasteiger partial charge is 0.259 e. The number of fused-ring (bicyclic) bond motifs is 1. The molecule has 1 aliphatic rings. The van der Waals surface area contributed by atoms with Crippen LogP contribution in [0.1, 0.15) is 20.7 Å². The van der Waals surface area contributed by atoms with Crippen molar-refractivity contribution in [1.82, 2.24) is 0 Å². The van der Waals surface area contributed by atoms with Gasteiger partial charge in [0.15, 0.2) is 11.5 Å². The lowest BCUT2D eigenvalue weighted by Crippen LogP contribution is -2.15. The molecule has 0 fully saturated rings. The first kappa shape index (κ1) is 19.3. The molecule has 1 aliphatic heterocycles. The lowest BCUT2D eigenvalue weighted by molar-refractivity contribution is 0.101. The van der Waals surface area contributed by atoms with E-state index in [1.54, 1.807) is 36.4 Å². The zero-order chi connectivity index (χ0) is 21.1. The first-order valence-electron chi connectivity index (χ1n) is 9.00. The molecule has 3 aromatic carbocycles. The van der Waals surface area contributed by atoms with Gasteiger partial charge in [0.2, 0.25) is 6.79 Å². The van der Waals surface area contributed by atoms with Gasteiger partial charge in [0.1, 0.15) is 11.6 Å². The molecule has 4 rings (SSSR count). The average molecular weight is 408 g/mol. The zero-order valence-electron chi connectivity index (χ0n) is 15.9. The molecule has 30 heavy (non-hydrogen) atoms. The number of hydrogen-bond donors (Lipinski definition) is 2. The topological polar surface area (TPSA) is 85.9 Å². The Morgan fingerprint density at radius 1 is 0.967 bits per heavy atom. The summed E-state index contributed by atoms with van der Waals surface area (Å²) in [5.74, 6) is -0.163. The van der Waals surface area contributed by atoms with E-state index in [1.165, 1.54) is 25.3 Å². The van der Waals surface area contributed by atoms with Gasteiger partial charge < -0.3 is 24.8 Å². The molecule has 0 aliphatic carbocycles. The molecular formula is C22H17FN2O5. The van der Waals surface area contributed by atoms with Crippen molar-refractivity contribution in [3.8, 4) is 17.2 Å². The quantitative estimate of drug-likeness (QED) is 0.665. The normalized spacial score (nSPS) is 11.7. The van der Waals surface area contributed by atoms with Gasteiger partial charge >= 0.3 is 0 Å². The maximum Gasteiger partial charge on any atom is 0.259 e. The highest BCUT2D eigenvalue weighted by molar-refractivity contribution is 6.08. The summed E-state index contributed by atoms with van der Waals surface area (Å²) in [6, 6.07) is 15.1. The Balaban J connectivity index is 1.56. The molecule has 3 aromatic rings. The number of anilines is 2. The Kier molecular flexibility index (Phi) is 5.21. The van der Waals surface area contributed by atoms with Crippen molar-refractivity contribution < 1.29 is 28.2 Å². The van der Waals surface area contributed by atoms with Crippen LogP contribution in [0.3, 0.4) is 0 Å². The molecule has 1 heterocycles. The molecule has 0 bridgehead atoms. The van der Waals surface area contributed by atoms with E-state index < -0.39 is 17.6 Å². The second kappa shape index (κ2) is 8.12. The zero-order valence-corrected chi connectivity index (χ0v) is 15.9. The summed E-state index contributed by atoms with van der Waals surface area (Å²) in [7, 11) is 1.45. The Morgan fingerprint density at radius 3 is 2.60 bits per heavy atom. The van der Waals surface area contributed by atoms with Crippen molar-refractivity contribution in [2.24, 2.45) is 0 Å². The van der Waals surface area contributed by atoms with Crippen molar-refractivity contribution in [2.75, 3.05) is 24.5 Å². The number of amides is 2. The largest absolute Gasteiger partial charge is 0.495 e. The van der Waals surface area contributed by atoms with Crippen molar-refractivity contribution in [3.63, 3.8) is 0 Å². The van der Waals surface area contributed by atoms with Crippen LogP contribution >= 0.6 is 0 Å². The molecule has 0 saturated carbocycles. The van der Waals surface area contributed by atoms with Gasteiger partial charge in [-0.2, -0.15) is 0 Å². The molecular weight excluding hydrogens is 391 g/mol. The minimum Gasteiger partial charge on any atom is -0.495 e. The monoisotopic (exact) mass is 408 g/mol. The van der Waals surface area contributed by atoms with Crippen LogP contribution in [0.15, 0.2) is 60.7 Å². The highest BCUT2D eigenvalue weighted by Gasteiger charge is 2.22. The van der Waals surface area contributed by atoms with Crippen molar-refractivity contribution in [3.05, 3.63) is 77.6 Å². The lowest BCUT2D eigenvalue weighted by atomic mass is 10.1. The molecule has 2 amide bonds. The molecule has 7 nitrogen and oxygen atoms in total. The van der Waals surface area contributed by atoms with Crippen LogP contribution in [0.2, 0.25) is 0 Å². The van der Waals surface area contributed by atoms with Crippen molar-refractivity contribution in [2.45, 2.75) is 0 Å². The molecule has 0 radical (unpaired) electrons. The van der Waals surface area contributed by atoms with Crippen molar-refractivity contribution in [1.29, 1.82) is 0 Å². The molecule has 0 spiro atoms. The Morgan fingerprint density at radius 2 is 1.80 bits per heavy atom. The van der Waals surface area contributed by atoms with Gasteiger partial charge in [0.05, 0.1) is 18.4 Å². The second-order valence-corrected chi connectivity index (χ2v) is 6.37. The number of benzene rings is 3. The summed E-state index contributed by atoms with van der Waals surface area (Å²) in [5, 5.41) is 5.43. The number of carbonyl (C=O) groups is 2. The van der Waals surface area contributed by atoms with E-state index in [1.807, 2.05) is 0 Å². The van der Waals surface area contributed by atoms with Crippen LogP contribution in [-0.4, -0.2) is 25.7 Å².